The number of imidazole rings is 1. The maximum atomic E-state index is 13.2. The zero-order valence-corrected chi connectivity index (χ0v) is 12.7. The second-order valence-electron chi connectivity index (χ2n) is 5.13. The molecule has 114 valence electrons. The first kappa shape index (κ1) is 14.8. The summed E-state index contributed by atoms with van der Waals surface area (Å²) >= 11 is 0. The van der Waals surface area contributed by atoms with Gasteiger partial charge in [0.05, 0.1) is 11.4 Å². The van der Waals surface area contributed by atoms with Gasteiger partial charge in [-0.3, -0.25) is 4.21 Å². The van der Waals surface area contributed by atoms with Crippen molar-refractivity contribution >= 4 is 16.4 Å². The molecular weight excluding hydrogens is 306 g/mol. The van der Waals surface area contributed by atoms with Crippen molar-refractivity contribution in [3.63, 3.8) is 0 Å². The molecule has 1 atom stereocenters. The molecule has 6 heteroatoms. The number of aryl methyl sites for hydroxylation is 1. The second-order valence-corrected chi connectivity index (χ2v) is 6.59. The maximum absolute atomic E-state index is 13.2. The van der Waals surface area contributed by atoms with E-state index in [1.165, 1.54) is 6.07 Å². The molecule has 0 unspecified atom stereocenters. The summed E-state index contributed by atoms with van der Waals surface area (Å²) in [5.41, 5.74) is 3.11. The molecule has 2 aromatic heterocycles. The van der Waals surface area contributed by atoms with Crippen molar-refractivity contribution in [3.8, 4) is 0 Å². The van der Waals surface area contributed by atoms with Crippen LogP contribution in [0.2, 0.25) is 0 Å². The smallest absolute Gasteiger partial charge is 0.159 e. The third-order valence-corrected chi connectivity index (χ3v) is 4.62. The van der Waals surface area contributed by atoms with Crippen molar-refractivity contribution in [2.75, 3.05) is 0 Å². The Morgan fingerprint density at radius 1 is 1.18 bits per heavy atom. The fraction of sp³-hybridized carbons (Fsp3) is 0.188. The Balaban J connectivity index is 1.75. The Bertz CT molecular complexity index is 860. The van der Waals surface area contributed by atoms with Crippen LogP contribution in [0.5, 0.6) is 0 Å². The lowest BCUT2D eigenvalue weighted by Gasteiger charge is -2.01. The molecule has 0 aliphatic heterocycles. The van der Waals surface area contributed by atoms with Crippen LogP contribution in [-0.4, -0.2) is 13.6 Å². The summed E-state index contributed by atoms with van der Waals surface area (Å²) in [5.74, 6) is -1.37. The SMILES string of the molecule is Cc1cccn2cc(C[S@](=O)Cc3ccc(F)c(F)c3)nc12. The van der Waals surface area contributed by atoms with Gasteiger partial charge < -0.3 is 4.40 Å². The zero-order valence-electron chi connectivity index (χ0n) is 11.9. The Morgan fingerprint density at radius 3 is 2.73 bits per heavy atom. The lowest BCUT2D eigenvalue weighted by atomic mass is 10.2. The number of benzene rings is 1. The van der Waals surface area contributed by atoms with Gasteiger partial charge in [0.25, 0.3) is 0 Å². The van der Waals surface area contributed by atoms with Gasteiger partial charge in [-0.05, 0) is 36.2 Å². The van der Waals surface area contributed by atoms with Crippen LogP contribution in [0, 0.1) is 18.6 Å². The van der Waals surface area contributed by atoms with E-state index in [4.69, 9.17) is 0 Å². The van der Waals surface area contributed by atoms with Gasteiger partial charge in [-0.2, -0.15) is 0 Å². The van der Waals surface area contributed by atoms with Crippen molar-refractivity contribution in [1.29, 1.82) is 0 Å². The highest BCUT2D eigenvalue weighted by Gasteiger charge is 2.10. The van der Waals surface area contributed by atoms with Crippen molar-refractivity contribution in [3.05, 3.63) is 71.2 Å². The number of aromatic nitrogens is 2. The van der Waals surface area contributed by atoms with Crippen molar-refractivity contribution in [2.24, 2.45) is 0 Å². The number of halogens is 2. The quantitative estimate of drug-likeness (QED) is 0.739. The number of hydrogen-bond donors (Lipinski definition) is 0. The number of fused-ring (bicyclic) bond motifs is 1. The van der Waals surface area contributed by atoms with E-state index in [9.17, 15) is 13.0 Å². The molecule has 0 saturated carbocycles. The van der Waals surface area contributed by atoms with Crippen LogP contribution in [0.4, 0.5) is 8.78 Å². The predicted molar refractivity (Wildman–Crippen MR) is 81.8 cm³/mol. The zero-order chi connectivity index (χ0) is 15.7. The van der Waals surface area contributed by atoms with Crippen molar-refractivity contribution in [1.82, 2.24) is 9.38 Å². The van der Waals surface area contributed by atoms with E-state index in [1.54, 1.807) is 0 Å². The monoisotopic (exact) mass is 320 g/mol. The number of nitrogens with zero attached hydrogens (tertiary/aromatic N) is 2. The third kappa shape index (κ3) is 3.06. The first-order chi connectivity index (χ1) is 10.5. The molecule has 0 N–H and O–H groups in total. The summed E-state index contributed by atoms with van der Waals surface area (Å²) in [6, 6.07) is 7.47. The van der Waals surface area contributed by atoms with E-state index in [0.29, 0.717) is 5.56 Å². The first-order valence-corrected chi connectivity index (χ1v) is 8.24. The third-order valence-electron chi connectivity index (χ3n) is 3.35. The minimum absolute atomic E-state index is 0.171. The van der Waals surface area contributed by atoms with Crippen LogP contribution >= 0.6 is 0 Å². The molecule has 0 bridgehead atoms. The van der Waals surface area contributed by atoms with Gasteiger partial charge in [-0.25, -0.2) is 13.8 Å². The van der Waals surface area contributed by atoms with Crippen molar-refractivity contribution in [2.45, 2.75) is 18.4 Å². The highest BCUT2D eigenvalue weighted by Crippen LogP contribution is 2.14. The van der Waals surface area contributed by atoms with Crippen LogP contribution in [0.3, 0.4) is 0 Å². The number of hydrogen-bond acceptors (Lipinski definition) is 2. The number of pyridine rings is 1. The second kappa shape index (κ2) is 5.96. The summed E-state index contributed by atoms with van der Waals surface area (Å²) in [5, 5.41) is 0. The topological polar surface area (TPSA) is 34.4 Å². The molecule has 3 nitrogen and oxygen atoms in total. The summed E-state index contributed by atoms with van der Waals surface area (Å²) in [6.45, 7) is 1.96. The average Bonchev–Trinajstić information content (AvgIpc) is 2.87. The normalized spacial score (nSPS) is 12.7. The van der Waals surface area contributed by atoms with Gasteiger partial charge in [0.15, 0.2) is 11.6 Å². The molecule has 2 heterocycles. The fourth-order valence-electron chi connectivity index (χ4n) is 2.31. The summed E-state index contributed by atoms with van der Waals surface area (Å²) in [6.07, 6.45) is 3.72. The largest absolute Gasteiger partial charge is 0.307 e. The highest BCUT2D eigenvalue weighted by molar-refractivity contribution is 7.83. The van der Waals surface area contributed by atoms with Crippen LogP contribution in [0.25, 0.3) is 5.65 Å². The van der Waals surface area contributed by atoms with E-state index in [0.717, 1.165) is 29.0 Å². The molecule has 0 amide bonds. The predicted octanol–water partition coefficient (Wildman–Crippen LogP) is 3.37. The molecular formula is C16H14F2N2OS. The van der Waals surface area contributed by atoms with Gasteiger partial charge in [-0.15, -0.1) is 0 Å². The van der Waals surface area contributed by atoms with E-state index in [1.807, 2.05) is 35.9 Å². The lowest BCUT2D eigenvalue weighted by Crippen LogP contribution is -2.00. The molecule has 1 aromatic carbocycles. The van der Waals surface area contributed by atoms with Crippen molar-refractivity contribution < 1.29 is 13.0 Å². The molecule has 3 rings (SSSR count). The Morgan fingerprint density at radius 2 is 2.00 bits per heavy atom. The Labute approximate surface area is 129 Å². The first-order valence-electron chi connectivity index (χ1n) is 6.75. The van der Waals surface area contributed by atoms with Gasteiger partial charge >= 0.3 is 0 Å². The van der Waals surface area contributed by atoms with Crippen LogP contribution in [-0.2, 0) is 22.3 Å². The molecule has 0 aliphatic rings. The van der Waals surface area contributed by atoms with Gasteiger partial charge in [-0.1, -0.05) is 12.1 Å². The molecule has 0 saturated heterocycles. The molecule has 0 radical (unpaired) electrons. The number of rotatable bonds is 4. The summed E-state index contributed by atoms with van der Waals surface area (Å²) in [7, 11) is -1.24. The Hall–Kier alpha value is -2.08. The van der Waals surface area contributed by atoms with Gasteiger partial charge in [0.1, 0.15) is 5.65 Å². The lowest BCUT2D eigenvalue weighted by molar-refractivity contribution is 0.507. The molecule has 0 fully saturated rings. The van der Waals surface area contributed by atoms with E-state index >= 15 is 0 Å². The minimum atomic E-state index is -1.24. The summed E-state index contributed by atoms with van der Waals surface area (Å²) in [4.78, 5) is 4.46. The van der Waals surface area contributed by atoms with Gasteiger partial charge in [0, 0.05) is 28.9 Å². The highest BCUT2D eigenvalue weighted by atomic mass is 32.2. The fourth-order valence-corrected chi connectivity index (χ4v) is 3.43. The van der Waals surface area contributed by atoms with Crippen LogP contribution in [0.15, 0.2) is 42.7 Å². The standard InChI is InChI=1S/C16H14F2N2OS/c1-11-3-2-6-20-8-13(19-16(11)20)10-22(21)9-12-4-5-14(17)15(18)7-12/h2-8H,9-10H2,1H3/t22-/m1/s1. The molecule has 0 spiro atoms. The Kier molecular flexibility index (Phi) is 4.02. The molecule has 0 aliphatic carbocycles. The van der Waals surface area contributed by atoms with Gasteiger partial charge in [0.2, 0.25) is 0 Å². The van der Waals surface area contributed by atoms with E-state index in [-0.39, 0.29) is 11.5 Å². The van der Waals surface area contributed by atoms with Crippen LogP contribution < -0.4 is 0 Å². The van der Waals surface area contributed by atoms with Crippen LogP contribution in [0.1, 0.15) is 16.8 Å². The summed E-state index contributed by atoms with van der Waals surface area (Å²) < 4.78 is 40.1. The average molecular weight is 320 g/mol. The minimum Gasteiger partial charge on any atom is -0.307 e. The van der Waals surface area contributed by atoms with E-state index in [2.05, 4.69) is 4.98 Å². The molecule has 22 heavy (non-hydrogen) atoms. The van der Waals surface area contributed by atoms with E-state index < -0.39 is 22.4 Å². The molecule has 3 aromatic rings. The maximum Gasteiger partial charge on any atom is 0.159 e.